The molecule has 0 aromatic heterocycles. The highest BCUT2D eigenvalue weighted by Gasteiger charge is 2.20. The average Bonchev–Trinajstić information content (AvgIpc) is 2.56. The van der Waals surface area contributed by atoms with Crippen LogP contribution in [0, 0.1) is 0 Å². The summed E-state index contributed by atoms with van der Waals surface area (Å²) in [5, 5.41) is 2.52. The van der Waals surface area contributed by atoms with E-state index in [-0.39, 0.29) is 7.30 Å². The van der Waals surface area contributed by atoms with Crippen molar-refractivity contribution in [3.8, 4) is 0 Å². The molecular formula is C9H13NP4. The van der Waals surface area contributed by atoms with Gasteiger partial charge in [-0.05, 0) is 25.9 Å². The molecule has 0 saturated carbocycles. The van der Waals surface area contributed by atoms with E-state index in [4.69, 9.17) is 4.99 Å². The summed E-state index contributed by atoms with van der Waals surface area (Å²) in [6.45, 7) is 2.21. The summed E-state index contributed by atoms with van der Waals surface area (Å²) >= 11 is 0. The minimum Gasteiger partial charge on any atom is -0.272 e. The first-order chi connectivity index (χ1) is 6.74. The Morgan fingerprint density at radius 2 is 2.14 bits per heavy atom. The van der Waals surface area contributed by atoms with E-state index in [1.807, 2.05) is 0 Å². The molecule has 0 aliphatic carbocycles. The molecule has 1 aromatic rings. The van der Waals surface area contributed by atoms with Crippen molar-refractivity contribution in [1.29, 1.82) is 0 Å². The first kappa shape index (κ1) is 11.1. The van der Waals surface area contributed by atoms with E-state index in [9.17, 15) is 0 Å². The zero-order chi connectivity index (χ0) is 10.1. The normalized spacial score (nSPS) is 22.5. The van der Waals surface area contributed by atoms with Crippen LogP contribution in [-0.4, -0.2) is 5.78 Å². The Balaban J connectivity index is 2.53. The van der Waals surface area contributed by atoms with Crippen molar-refractivity contribution < 1.29 is 0 Å². The van der Waals surface area contributed by atoms with Crippen LogP contribution in [0.25, 0.3) is 5.57 Å². The SMILES string of the molecule is CC1=c2ccccc2=NC1P(P)PP. The molecule has 0 N–H and O–H groups in total. The summed E-state index contributed by atoms with van der Waals surface area (Å²) in [7, 11) is 6.65. The van der Waals surface area contributed by atoms with E-state index < -0.39 is 0 Å². The predicted octanol–water partition coefficient (Wildman–Crippen LogP) is 2.47. The van der Waals surface area contributed by atoms with Crippen LogP contribution in [0.15, 0.2) is 29.3 Å². The van der Waals surface area contributed by atoms with Crippen LogP contribution in [0.5, 0.6) is 0 Å². The fourth-order valence-corrected chi connectivity index (χ4v) is 5.89. The van der Waals surface area contributed by atoms with E-state index in [1.54, 1.807) is 0 Å². The Hall–Kier alpha value is 0.610. The third-order valence-electron chi connectivity index (χ3n) is 2.39. The number of benzene rings is 1. The maximum atomic E-state index is 4.77. The monoisotopic (exact) mass is 259 g/mol. The van der Waals surface area contributed by atoms with Crippen molar-refractivity contribution in [2.45, 2.75) is 12.7 Å². The number of hydrogen-bond donors (Lipinski definition) is 0. The third-order valence-corrected chi connectivity index (χ3v) is 12.9. The molecule has 74 valence electrons. The van der Waals surface area contributed by atoms with Gasteiger partial charge in [0.15, 0.2) is 0 Å². The van der Waals surface area contributed by atoms with E-state index in [0.717, 1.165) is 7.96 Å². The standard InChI is InChI=1S/C9H13NP4/c1-6-7-4-2-3-5-8(7)10-9(6)14(12)13-11/h2-5,9,13H,11-12H2,1H3. The van der Waals surface area contributed by atoms with Crippen molar-refractivity contribution in [3.63, 3.8) is 0 Å². The van der Waals surface area contributed by atoms with Crippen molar-refractivity contribution in [2.24, 2.45) is 4.99 Å². The summed E-state index contributed by atoms with van der Waals surface area (Å²) in [5.74, 6) is 0.434. The van der Waals surface area contributed by atoms with Gasteiger partial charge in [0.05, 0.1) is 11.1 Å². The highest BCUT2D eigenvalue weighted by Crippen LogP contribution is 2.70. The molecule has 5 atom stereocenters. The Morgan fingerprint density at radius 3 is 2.79 bits per heavy atom. The lowest BCUT2D eigenvalue weighted by molar-refractivity contribution is 1.13. The topological polar surface area (TPSA) is 12.4 Å². The van der Waals surface area contributed by atoms with Crippen molar-refractivity contribution in [3.05, 3.63) is 34.8 Å². The van der Waals surface area contributed by atoms with Gasteiger partial charge < -0.3 is 0 Å². The minimum atomic E-state index is -0.0615. The second-order valence-electron chi connectivity index (χ2n) is 3.24. The molecule has 0 saturated heterocycles. The maximum Gasteiger partial charge on any atom is 0.0989 e. The highest BCUT2D eigenvalue weighted by molar-refractivity contribution is 8.61. The molecule has 0 spiro atoms. The molecule has 1 aliphatic rings. The van der Waals surface area contributed by atoms with Gasteiger partial charge in [0, 0.05) is 5.22 Å². The van der Waals surface area contributed by atoms with Gasteiger partial charge in [-0.1, -0.05) is 26.2 Å². The molecule has 1 aromatic carbocycles. The van der Waals surface area contributed by atoms with Crippen LogP contribution >= 0.6 is 33.1 Å². The van der Waals surface area contributed by atoms with Gasteiger partial charge in [-0.15, -0.1) is 17.9 Å². The van der Waals surface area contributed by atoms with Crippen LogP contribution in [0.2, 0.25) is 0 Å². The van der Waals surface area contributed by atoms with E-state index in [2.05, 4.69) is 49.0 Å². The van der Waals surface area contributed by atoms with Gasteiger partial charge in [0.2, 0.25) is 0 Å². The molecule has 5 heteroatoms. The lowest BCUT2D eigenvalue weighted by Gasteiger charge is -2.16. The number of rotatable bonds is 2. The van der Waals surface area contributed by atoms with Gasteiger partial charge in [-0.25, -0.2) is 0 Å². The number of hydrogen-bond acceptors (Lipinski definition) is 1. The predicted molar refractivity (Wildman–Crippen MR) is 74.7 cm³/mol. The Kier molecular flexibility index (Phi) is 3.68. The maximum absolute atomic E-state index is 4.77. The third kappa shape index (κ3) is 1.94. The molecule has 0 bridgehead atoms. The van der Waals surface area contributed by atoms with Crippen molar-refractivity contribution in [1.82, 2.24) is 0 Å². The molecule has 0 amide bonds. The van der Waals surface area contributed by atoms with Gasteiger partial charge >= 0.3 is 0 Å². The van der Waals surface area contributed by atoms with Gasteiger partial charge in [0.25, 0.3) is 0 Å². The molecule has 1 aliphatic heterocycles. The van der Waals surface area contributed by atoms with Crippen LogP contribution in [0.1, 0.15) is 6.92 Å². The van der Waals surface area contributed by atoms with E-state index in [1.165, 1.54) is 16.1 Å². The number of nitrogens with zero attached hydrogens (tertiary/aromatic N) is 1. The second-order valence-corrected chi connectivity index (χ2v) is 12.7. The van der Waals surface area contributed by atoms with Gasteiger partial charge in [-0.3, -0.25) is 4.99 Å². The van der Waals surface area contributed by atoms with Crippen molar-refractivity contribution in [2.75, 3.05) is 0 Å². The van der Waals surface area contributed by atoms with E-state index >= 15 is 0 Å². The lowest BCUT2D eigenvalue weighted by atomic mass is 10.2. The molecule has 0 radical (unpaired) electrons. The zero-order valence-electron chi connectivity index (χ0n) is 7.94. The quantitative estimate of drug-likeness (QED) is 0.723. The molecule has 1 heterocycles. The summed E-state index contributed by atoms with van der Waals surface area (Å²) in [5.41, 5.74) is 1.44. The molecule has 2 rings (SSSR count). The average molecular weight is 259 g/mol. The Bertz CT molecular complexity index is 456. The van der Waals surface area contributed by atoms with Crippen LogP contribution in [0.4, 0.5) is 0 Å². The summed E-state index contributed by atoms with van der Waals surface area (Å²) in [6, 6.07) is 8.44. The molecule has 5 unspecified atom stereocenters. The first-order valence-corrected chi connectivity index (χ1v) is 11.1. The van der Waals surface area contributed by atoms with Gasteiger partial charge in [-0.2, -0.15) is 0 Å². The molecule has 0 fully saturated rings. The second kappa shape index (κ2) is 4.63. The molecular weight excluding hydrogens is 246 g/mol. The summed E-state index contributed by atoms with van der Waals surface area (Å²) in [4.78, 5) is 4.77. The van der Waals surface area contributed by atoms with Crippen LogP contribution < -0.4 is 10.6 Å². The smallest absolute Gasteiger partial charge is 0.0989 e. The number of para-hydroxylation sites is 1. The van der Waals surface area contributed by atoms with Crippen LogP contribution in [0.3, 0.4) is 0 Å². The Labute approximate surface area is 91.5 Å². The first-order valence-electron chi connectivity index (χ1n) is 4.38. The van der Waals surface area contributed by atoms with Crippen LogP contribution in [-0.2, 0) is 0 Å². The molecule has 1 nitrogen and oxygen atoms in total. The summed E-state index contributed by atoms with van der Waals surface area (Å²) in [6.07, 6.45) is 0. The highest BCUT2D eigenvalue weighted by atomic mass is 32.6. The Morgan fingerprint density at radius 1 is 1.43 bits per heavy atom. The fraction of sp³-hybridized carbons (Fsp3) is 0.222. The van der Waals surface area contributed by atoms with Gasteiger partial charge in [0.1, 0.15) is 0 Å². The molecule has 14 heavy (non-hydrogen) atoms. The zero-order valence-corrected chi connectivity index (χ0v) is 12.1. The largest absolute Gasteiger partial charge is 0.272 e. The summed E-state index contributed by atoms with van der Waals surface area (Å²) < 4.78 is 0. The van der Waals surface area contributed by atoms with E-state index in [0.29, 0.717) is 5.78 Å². The fourth-order valence-electron chi connectivity index (χ4n) is 1.63. The number of fused-ring (bicyclic) bond motifs is 1. The van der Waals surface area contributed by atoms with Crippen molar-refractivity contribution >= 4 is 38.7 Å². The lowest BCUT2D eigenvalue weighted by Crippen LogP contribution is -2.21. The minimum absolute atomic E-state index is 0.0615.